The molecular formula is C12H16F2N2O. The molecule has 0 saturated carbocycles. The van der Waals surface area contributed by atoms with Crippen molar-refractivity contribution in [3.05, 3.63) is 24.0 Å². The molecule has 0 spiro atoms. The van der Waals surface area contributed by atoms with E-state index in [0.29, 0.717) is 11.4 Å². The van der Waals surface area contributed by atoms with Gasteiger partial charge in [0, 0.05) is 32.2 Å². The minimum absolute atomic E-state index is 0.0353. The SMILES string of the molecule is FCCOc1ccc(N2CCNCC2)c(F)c1. The third-order valence-corrected chi connectivity index (χ3v) is 2.72. The van der Waals surface area contributed by atoms with E-state index in [2.05, 4.69) is 5.32 Å². The van der Waals surface area contributed by atoms with Crippen molar-refractivity contribution >= 4 is 5.69 Å². The predicted octanol–water partition coefficient (Wildman–Crippen LogP) is 1.58. The topological polar surface area (TPSA) is 24.5 Å². The predicted molar refractivity (Wildman–Crippen MR) is 63.0 cm³/mol. The van der Waals surface area contributed by atoms with Crippen molar-refractivity contribution in [1.29, 1.82) is 0 Å². The lowest BCUT2D eigenvalue weighted by atomic mass is 10.2. The Morgan fingerprint density at radius 3 is 2.71 bits per heavy atom. The Morgan fingerprint density at radius 2 is 2.06 bits per heavy atom. The van der Waals surface area contributed by atoms with Crippen LogP contribution in [0.4, 0.5) is 14.5 Å². The highest BCUT2D eigenvalue weighted by Gasteiger charge is 2.14. The van der Waals surface area contributed by atoms with E-state index in [4.69, 9.17) is 4.74 Å². The van der Waals surface area contributed by atoms with E-state index in [9.17, 15) is 8.78 Å². The maximum absolute atomic E-state index is 13.8. The fourth-order valence-electron chi connectivity index (χ4n) is 1.90. The first-order valence-electron chi connectivity index (χ1n) is 5.75. The molecule has 1 aliphatic heterocycles. The molecule has 0 bridgehead atoms. The van der Waals surface area contributed by atoms with Gasteiger partial charge in [-0.3, -0.25) is 0 Å². The molecule has 1 fully saturated rings. The highest BCUT2D eigenvalue weighted by atomic mass is 19.1. The standard InChI is InChI=1S/C12H16F2N2O/c13-3-8-17-10-1-2-12(11(14)9-10)16-6-4-15-5-7-16/h1-2,9,15H,3-8H2. The highest BCUT2D eigenvalue weighted by Crippen LogP contribution is 2.24. The second-order valence-electron chi connectivity index (χ2n) is 3.89. The first-order valence-corrected chi connectivity index (χ1v) is 5.75. The number of nitrogens with one attached hydrogen (secondary N) is 1. The van der Waals surface area contributed by atoms with Crippen LogP contribution in [0.15, 0.2) is 18.2 Å². The number of hydrogen-bond donors (Lipinski definition) is 1. The van der Waals surface area contributed by atoms with Crippen molar-refractivity contribution in [3.8, 4) is 5.75 Å². The van der Waals surface area contributed by atoms with Gasteiger partial charge in [0.05, 0.1) is 5.69 Å². The Bertz CT molecular complexity index is 368. The minimum atomic E-state index is -0.568. The number of piperazine rings is 1. The summed E-state index contributed by atoms with van der Waals surface area (Å²) in [4.78, 5) is 1.99. The first-order chi connectivity index (χ1) is 8.31. The molecule has 1 heterocycles. The number of halogens is 2. The van der Waals surface area contributed by atoms with E-state index in [-0.39, 0.29) is 12.4 Å². The average Bonchev–Trinajstić information content (AvgIpc) is 2.37. The highest BCUT2D eigenvalue weighted by molar-refractivity contribution is 5.51. The molecule has 0 amide bonds. The van der Waals surface area contributed by atoms with Crippen LogP contribution in [0.25, 0.3) is 0 Å². The lowest BCUT2D eigenvalue weighted by molar-refractivity contribution is 0.272. The summed E-state index contributed by atoms with van der Waals surface area (Å²) < 4.78 is 30.8. The van der Waals surface area contributed by atoms with Gasteiger partial charge in [-0.2, -0.15) is 0 Å². The molecule has 1 aliphatic rings. The molecule has 1 N–H and O–H groups in total. The largest absolute Gasteiger partial charge is 0.491 e. The van der Waals surface area contributed by atoms with Gasteiger partial charge in [0.1, 0.15) is 24.8 Å². The van der Waals surface area contributed by atoms with Gasteiger partial charge in [-0.05, 0) is 12.1 Å². The molecule has 0 radical (unpaired) electrons. The summed E-state index contributed by atoms with van der Waals surface area (Å²) in [7, 11) is 0. The normalized spacial score (nSPS) is 16.0. The number of benzene rings is 1. The minimum Gasteiger partial charge on any atom is -0.491 e. The molecule has 94 valence electrons. The molecule has 0 unspecified atom stereocenters. The Labute approximate surface area is 99.4 Å². The molecule has 0 aliphatic carbocycles. The summed E-state index contributed by atoms with van der Waals surface area (Å²) in [6.07, 6.45) is 0. The number of nitrogens with zero attached hydrogens (tertiary/aromatic N) is 1. The average molecular weight is 242 g/mol. The zero-order valence-electron chi connectivity index (χ0n) is 9.59. The van der Waals surface area contributed by atoms with Crippen molar-refractivity contribution < 1.29 is 13.5 Å². The van der Waals surface area contributed by atoms with E-state index in [1.807, 2.05) is 4.90 Å². The van der Waals surface area contributed by atoms with Crippen molar-refractivity contribution in [3.63, 3.8) is 0 Å². The molecule has 0 aromatic heterocycles. The van der Waals surface area contributed by atoms with Crippen LogP contribution in [0.5, 0.6) is 5.75 Å². The van der Waals surface area contributed by atoms with Gasteiger partial charge >= 0.3 is 0 Å². The molecule has 1 aromatic carbocycles. The summed E-state index contributed by atoms with van der Waals surface area (Å²) >= 11 is 0. The molecule has 1 saturated heterocycles. The lowest BCUT2D eigenvalue weighted by Gasteiger charge is -2.29. The molecule has 2 rings (SSSR count). The molecule has 0 atom stereocenters. The van der Waals surface area contributed by atoms with Crippen LogP contribution in [-0.2, 0) is 0 Å². The van der Waals surface area contributed by atoms with Crippen molar-refractivity contribution in [2.45, 2.75) is 0 Å². The lowest BCUT2D eigenvalue weighted by Crippen LogP contribution is -2.43. The molecule has 17 heavy (non-hydrogen) atoms. The second-order valence-corrected chi connectivity index (χ2v) is 3.89. The van der Waals surface area contributed by atoms with Gasteiger partial charge < -0.3 is 15.0 Å². The van der Waals surface area contributed by atoms with Crippen molar-refractivity contribution in [2.24, 2.45) is 0 Å². The summed E-state index contributed by atoms with van der Waals surface area (Å²) in [5, 5.41) is 3.21. The van der Waals surface area contributed by atoms with Crippen LogP contribution in [-0.4, -0.2) is 39.5 Å². The van der Waals surface area contributed by atoms with Crippen LogP contribution in [0.2, 0.25) is 0 Å². The summed E-state index contributed by atoms with van der Waals surface area (Å²) in [6, 6.07) is 4.68. The van der Waals surface area contributed by atoms with Crippen LogP contribution in [0, 0.1) is 5.82 Å². The van der Waals surface area contributed by atoms with Gasteiger partial charge in [0.25, 0.3) is 0 Å². The van der Waals surface area contributed by atoms with Crippen LogP contribution >= 0.6 is 0 Å². The molecule has 1 aromatic rings. The number of alkyl halides is 1. The molecular weight excluding hydrogens is 226 g/mol. The maximum atomic E-state index is 13.8. The van der Waals surface area contributed by atoms with Crippen LogP contribution < -0.4 is 15.0 Å². The number of rotatable bonds is 4. The van der Waals surface area contributed by atoms with Crippen molar-refractivity contribution in [2.75, 3.05) is 44.4 Å². The Kier molecular flexibility index (Phi) is 4.14. The Morgan fingerprint density at radius 1 is 1.29 bits per heavy atom. The van der Waals surface area contributed by atoms with Crippen LogP contribution in [0.1, 0.15) is 0 Å². The smallest absolute Gasteiger partial charge is 0.150 e. The van der Waals surface area contributed by atoms with E-state index >= 15 is 0 Å². The Balaban J connectivity index is 2.07. The quantitative estimate of drug-likeness (QED) is 0.867. The van der Waals surface area contributed by atoms with Gasteiger partial charge in [0.15, 0.2) is 0 Å². The van der Waals surface area contributed by atoms with Gasteiger partial charge in [-0.1, -0.05) is 0 Å². The number of ether oxygens (including phenoxy) is 1. The summed E-state index contributed by atoms with van der Waals surface area (Å²) in [6.45, 7) is 2.70. The fourth-order valence-corrected chi connectivity index (χ4v) is 1.90. The summed E-state index contributed by atoms with van der Waals surface area (Å²) in [5.74, 6) is 0.0577. The first kappa shape index (κ1) is 12.1. The fraction of sp³-hybridized carbons (Fsp3) is 0.500. The monoisotopic (exact) mass is 242 g/mol. The second kappa shape index (κ2) is 5.82. The van der Waals surface area contributed by atoms with E-state index < -0.39 is 6.67 Å². The van der Waals surface area contributed by atoms with Gasteiger partial charge in [0.2, 0.25) is 0 Å². The zero-order valence-corrected chi connectivity index (χ0v) is 9.59. The molecule has 3 nitrogen and oxygen atoms in total. The maximum Gasteiger partial charge on any atom is 0.150 e. The van der Waals surface area contributed by atoms with Crippen molar-refractivity contribution in [1.82, 2.24) is 5.32 Å². The third kappa shape index (κ3) is 3.06. The number of anilines is 1. The number of hydrogen-bond acceptors (Lipinski definition) is 3. The Hall–Kier alpha value is -1.36. The van der Waals surface area contributed by atoms with E-state index in [1.54, 1.807) is 12.1 Å². The van der Waals surface area contributed by atoms with Gasteiger partial charge in [-0.25, -0.2) is 8.78 Å². The third-order valence-electron chi connectivity index (χ3n) is 2.72. The van der Waals surface area contributed by atoms with E-state index in [0.717, 1.165) is 26.2 Å². The summed E-state index contributed by atoms with van der Waals surface area (Å²) in [5.41, 5.74) is 0.582. The van der Waals surface area contributed by atoms with E-state index in [1.165, 1.54) is 6.07 Å². The zero-order chi connectivity index (χ0) is 12.1. The van der Waals surface area contributed by atoms with Gasteiger partial charge in [-0.15, -0.1) is 0 Å². The molecule has 5 heteroatoms. The van der Waals surface area contributed by atoms with Crippen LogP contribution in [0.3, 0.4) is 0 Å².